The molecule has 3 heterocycles. The van der Waals surface area contributed by atoms with Crippen LogP contribution < -0.4 is 0 Å². The number of nitrogens with zero attached hydrogens (tertiary/aromatic N) is 5. The lowest BCUT2D eigenvalue weighted by Crippen LogP contribution is -2.01. The van der Waals surface area contributed by atoms with Gasteiger partial charge in [-0.1, -0.05) is 146 Å². The molecule has 0 saturated carbocycles. The van der Waals surface area contributed by atoms with Crippen LogP contribution in [0.1, 0.15) is 11.1 Å². The summed E-state index contributed by atoms with van der Waals surface area (Å²) >= 11 is 0. The van der Waals surface area contributed by atoms with E-state index in [1.54, 1.807) is 0 Å². The number of fused-ring (bicyclic) bond motifs is 3. The van der Waals surface area contributed by atoms with Crippen molar-refractivity contribution in [2.24, 2.45) is 0 Å². The smallest absolute Gasteiger partial charge is 0.164 e. The normalized spacial score (nSPS) is 11.3. The van der Waals surface area contributed by atoms with Crippen molar-refractivity contribution in [3.05, 3.63) is 175 Å². The summed E-state index contributed by atoms with van der Waals surface area (Å²) in [6, 6.07) is 56.3. The second-order valence-corrected chi connectivity index (χ2v) is 13.1. The standard InChI is InChI=1S/C47H33N5/c1-30-12-9-10-19-40(30)47-51-45(36-22-20-33(21-23-36)32-13-5-3-6-14-32)50-46(52-47)38-18-11-17-37(29-38)41-27-25-35-24-26-39-31(2)28-42(34-15-7-4-8-16-34)49-44(39)43(35)48-41/h3-29H,1-2H3. The largest absolute Gasteiger partial charge is 0.245 e. The number of pyridine rings is 2. The molecule has 6 aromatic carbocycles. The lowest BCUT2D eigenvalue weighted by atomic mass is 10.0. The Hall–Kier alpha value is -6.85. The predicted molar refractivity (Wildman–Crippen MR) is 213 cm³/mol. The molecule has 0 aliphatic carbocycles. The van der Waals surface area contributed by atoms with E-state index < -0.39 is 0 Å². The molecule has 0 fully saturated rings. The first-order valence-corrected chi connectivity index (χ1v) is 17.4. The van der Waals surface area contributed by atoms with Crippen molar-refractivity contribution >= 4 is 21.8 Å². The Labute approximate surface area is 302 Å². The molecule has 0 amide bonds. The second kappa shape index (κ2) is 13.1. The average Bonchev–Trinajstić information content (AvgIpc) is 3.21. The van der Waals surface area contributed by atoms with Crippen LogP contribution in [-0.4, -0.2) is 24.9 Å². The highest BCUT2D eigenvalue weighted by Gasteiger charge is 2.16. The van der Waals surface area contributed by atoms with E-state index in [-0.39, 0.29) is 0 Å². The van der Waals surface area contributed by atoms with Gasteiger partial charge in [-0.05, 0) is 54.3 Å². The van der Waals surface area contributed by atoms with Gasteiger partial charge in [-0.15, -0.1) is 0 Å². The zero-order valence-corrected chi connectivity index (χ0v) is 28.8. The van der Waals surface area contributed by atoms with Gasteiger partial charge in [-0.25, -0.2) is 24.9 Å². The van der Waals surface area contributed by atoms with Crippen molar-refractivity contribution in [3.8, 4) is 67.8 Å². The van der Waals surface area contributed by atoms with Gasteiger partial charge in [-0.3, -0.25) is 0 Å². The molecule has 0 aliphatic heterocycles. The summed E-state index contributed by atoms with van der Waals surface area (Å²) in [6.07, 6.45) is 0. The molecule has 5 nitrogen and oxygen atoms in total. The van der Waals surface area contributed by atoms with Crippen LogP contribution in [0.5, 0.6) is 0 Å². The van der Waals surface area contributed by atoms with Gasteiger partial charge in [0.05, 0.1) is 22.4 Å². The lowest BCUT2D eigenvalue weighted by Gasteiger charge is -2.12. The Bertz CT molecular complexity index is 2740. The summed E-state index contributed by atoms with van der Waals surface area (Å²) in [5, 5.41) is 2.15. The van der Waals surface area contributed by atoms with Crippen molar-refractivity contribution in [1.82, 2.24) is 24.9 Å². The van der Waals surface area contributed by atoms with Gasteiger partial charge in [0.1, 0.15) is 0 Å². The van der Waals surface area contributed by atoms with E-state index in [9.17, 15) is 0 Å². The Kier molecular flexibility index (Phi) is 7.86. The molecule has 9 aromatic rings. The average molecular weight is 668 g/mol. The van der Waals surface area contributed by atoms with Crippen LogP contribution in [0.15, 0.2) is 164 Å². The third kappa shape index (κ3) is 5.88. The zero-order valence-electron chi connectivity index (χ0n) is 28.8. The fraction of sp³-hybridized carbons (Fsp3) is 0.0426. The summed E-state index contributed by atoms with van der Waals surface area (Å²) in [5.41, 5.74) is 13.0. The monoisotopic (exact) mass is 667 g/mol. The molecule has 0 unspecified atom stereocenters. The van der Waals surface area contributed by atoms with E-state index in [4.69, 9.17) is 24.9 Å². The van der Waals surface area contributed by atoms with Gasteiger partial charge in [-0.2, -0.15) is 0 Å². The van der Waals surface area contributed by atoms with Gasteiger partial charge in [0.25, 0.3) is 0 Å². The van der Waals surface area contributed by atoms with Crippen molar-refractivity contribution in [1.29, 1.82) is 0 Å². The highest BCUT2D eigenvalue weighted by Crippen LogP contribution is 2.33. The first kappa shape index (κ1) is 31.2. The maximum absolute atomic E-state index is 5.24. The fourth-order valence-electron chi connectivity index (χ4n) is 6.80. The summed E-state index contributed by atoms with van der Waals surface area (Å²) in [7, 11) is 0. The molecule has 3 aromatic heterocycles. The number of rotatable bonds is 6. The van der Waals surface area contributed by atoms with E-state index >= 15 is 0 Å². The highest BCUT2D eigenvalue weighted by molar-refractivity contribution is 6.05. The Morgan fingerprint density at radius 3 is 1.67 bits per heavy atom. The van der Waals surface area contributed by atoms with Crippen LogP contribution in [-0.2, 0) is 0 Å². The molecule has 0 aliphatic rings. The van der Waals surface area contributed by atoms with Crippen LogP contribution >= 0.6 is 0 Å². The van der Waals surface area contributed by atoms with E-state index in [1.165, 1.54) is 11.1 Å². The Morgan fingerprint density at radius 2 is 0.904 bits per heavy atom. The summed E-state index contributed by atoms with van der Waals surface area (Å²) in [6.45, 7) is 4.23. The van der Waals surface area contributed by atoms with Gasteiger partial charge in [0.15, 0.2) is 17.5 Å². The third-order valence-electron chi connectivity index (χ3n) is 9.60. The van der Waals surface area contributed by atoms with Crippen molar-refractivity contribution in [2.75, 3.05) is 0 Å². The van der Waals surface area contributed by atoms with E-state index in [0.717, 1.165) is 72.1 Å². The molecule has 0 saturated heterocycles. The molecule has 5 heteroatoms. The molecule has 52 heavy (non-hydrogen) atoms. The molecular formula is C47H33N5. The first-order chi connectivity index (χ1) is 25.6. The minimum Gasteiger partial charge on any atom is -0.245 e. The second-order valence-electron chi connectivity index (χ2n) is 13.1. The zero-order chi connectivity index (χ0) is 35.0. The summed E-state index contributed by atoms with van der Waals surface area (Å²) < 4.78 is 0. The Morgan fingerprint density at radius 1 is 0.327 bits per heavy atom. The minimum absolute atomic E-state index is 0.605. The van der Waals surface area contributed by atoms with Crippen LogP contribution in [0.2, 0.25) is 0 Å². The van der Waals surface area contributed by atoms with Crippen LogP contribution in [0.3, 0.4) is 0 Å². The van der Waals surface area contributed by atoms with E-state index in [0.29, 0.717) is 17.5 Å². The highest BCUT2D eigenvalue weighted by atomic mass is 15.0. The van der Waals surface area contributed by atoms with Gasteiger partial charge < -0.3 is 0 Å². The number of hydrogen-bond acceptors (Lipinski definition) is 5. The topological polar surface area (TPSA) is 64.5 Å². The number of aryl methyl sites for hydroxylation is 2. The summed E-state index contributed by atoms with van der Waals surface area (Å²) in [5.74, 6) is 1.87. The van der Waals surface area contributed by atoms with Gasteiger partial charge in [0.2, 0.25) is 0 Å². The number of benzene rings is 6. The summed E-state index contributed by atoms with van der Waals surface area (Å²) in [4.78, 5) is 25.5. The van der Waals surface area contributed by atoms with Crippen molar-refractivity contribution < 1.29 is 0 Å². The van der Waals surface area contributed by atoms with Gasteiger partial charge in [0, 0.05) is 38.6 Å². The molecule has 246 valence electrons. The van der Waals surface area contributed by atoms with Crippen molar-refractivity contribution in [3.63, 3.8) is 0 Å². The maximum Gasteiger partial charge on any atom is 0.164 e. The van der Waals surface area contributed by atoms with Crippen LogP contribution in [0, 0.1) is 13.8 Å². The van der Waals surface area contributed by atoms with Crippen LogP contribution in [0.4, 0.5) is 0 Å². The van der Waals surface area contributed by atoms with Crippen molar-refractivity contribution in [2.45, 2.75) is 13.8 Å². The number of aromatic nitrogens is 5. The van der Waals surface area contributed by atoms with E-state index in [1.807, 2.05) is 42.5 Å². The molecule has 0 spiro atoms. The predicted octanol–water partition coefficient (Wildman–Crippen LogP) is 11.6. The molecular weight excluding hydrogens is 635 g/mol. The SMILES string of the molecule is Cc1ccccc1-c1nc(-c2ccc(-c3ccccc3)cc2)nc(-c2cccc(-c3ccc4ccc5c(C)cc(-c6ccccc6)nc5c4n3)c2)n1. The fourth-order valence-corrected chi connectivity index (χ4v) is 6.80. The molecule has 0 atom stereocenters. The minimum atomic E-state index is 0.605. The van der Waals surface area contributed by atoms with E-state index in [2.05, 4.69) is 135 Å². The maximum atomic E-state index is 5.24. The first-order valence-electron chi connectivity index (χ1n) is 17.4. The third-order valence-corrected chi connectivity index (χ3v) is 9.60. The molecule has 0 bridgehead atoms. The number of hydrogen-bond donors (Lipinski definition) is 0. The Balaban J connectivity index is 1.15. The molecule has 9 rings (SSSR count). The van der Waals surface area contributed by atoms with Gasteiger partial charge >= 0.3 is 0 Å². The lowest BCUT2D eigenvalue weighted by molar-refractivity contribution is 1.07. The molecule has 0 N–H and O–H groups in total. The van der Waals surface area contributed by atoms with Crippen LogP contribution in [0.25, 0.3) is 89.6 Å². The quantitative estimate of drug-likeness (QED) is 0.165. The molecule has 0 radical (unpaired) electrons.